The van der Waals surface area contributed by atoms with Gasteiger partial charge in [0.1, 0.15) is 11.9 Å². The van der Waals surface area contributed by atoms with Crippen molar-refractivity contribution in [2.75, 3.05) is 5.12 Å². The van der Waals surface area contributed by atoms with Crippen molar-refractivity contribution in [2.24, 2.45) is 5.84 Å². The monoisotopic (exact) mass is 312 g/mol. The third-order valence-electron chi connectivity index (χ3n) is 4.36. The van der Waals surface area contributed by atoms with Crippen molar-refractivity contribution in [2.45, 2.75) is 18.6 Å². The van der Waals surface area contributed by atoms with Gasteiger partial charge in [-0.1, -0.05) is 24.3 Å². The Kier molecular flexibility index (Phi) is 3.02. The summed E-state index contributed by atoms with van der Waals surface area (Å²) < 4.78 is 0. The molecule has 2 aromatic rings. The maximum absolute atomic E-state index is 11.3. The van der Waals surface area contributed by atoms with E-state index in [2.05, 4.69) is 5.01 Å². The number of fused-ring (bicyclic) bond motifs is 1. The Bertz CT molecular complexity index is 781. The Morgan fingerprint density at radius 3 is 2.74 bits per heavy atom. The van der Waals surface area contributed by atoms with Crippen LogP contribution in [-0.2, 0) is 0 Å². The summed E-state index contributed by atoms with van der Waals surface area (Å²) in [6.45, 7) is 0. The first-order valence-electron chi connectivity index (χ1n) is 7.31. The first kappa shape index (κ1) is 14.0. The summed E-state index contributed by atoms with van der Waals surface area (Å²) in [5, 5.41) is 24.2. The second-order valence-corrected chi connectivity index (χ2v) is 5.69. The third-order valence-corrected chi connectivity index (χ3v) is 4.36. The summed E-state index contributed by atoms with van der Waals surface area (Å²) in [4.78, 5) is 11.3. The molecular formula is C16H16N4O3. The van der Waals surface area contributed by atoms with Gasteiger partial charge < -0.3 is 10.2 Å². The number of para-hydroxylation sites is 1. The van der Waals surface area contributed by atoms with Crippen molar-refractivity contribution in [3.63, 3.8) is 0 Å². The smallest absolute Gasteiger partial charge is 0.337 e. The Morgan fingerprint density at radius 2 is 2.00 bits per heavy atom. The van der Waals surface area contributed by atoms with E-state index in [4.69, 9.17) is 5.84 Å². The van der Waals surface area contributed by atoms with E-state index in [0.717, 1.165) is 12.0 Å². The van der Waals surface area contributed by atoms with E-state index in [0.29, 0.717) is 5.69 Å². The van der Waals surface area contributed by atoms with E-state index in [9.17, 15) is 15.0 Å². The molecule has 118 valence electrons. The summed E-state index contributed by atoms with van der Waals surface area (Å²) in [6, 6.07) is 13.9. The van der Waals surface area contributed by atoms with E-state index < -0.39 is 5.97 Å². The summed E-state index contributed by atoms with van der Waals surface area (Å²) in [5.41, 5.74) is 1.63. The number of phenols is 1. The molecule has 2 aliphatic heterocycles. The van der Waals surface area contributed by atoms with Gasteiger partial charge in [0.15, 0.2) is 0 Å². The highest BCUT2D eigenvalue weighted by Gasteiger charge is 2.62. The fourth-order valence-corrected chi connectivity index (χ4v) is 3.18. The van der Waals surface area contributed by atoms with Gasteiger partial charge in [-0.25, -0.2) is 15.8 Å². The maximum Gasteiger partial charge on any atom is 0.337 e. The number of anilines is 1. The lowest BCUT2D eigenvalue weighted by molar-refractivity contribution is 0.0696. The predicted octanol–water partition coefficient (Wildman–Crippen LogP) is 1.69. The van der Waals surface area contributed by atoms with Crippen molar-refractivity contribution in [3.05, 3.63) is 59.7 Å². The number of carbonyl (C=O) groups is 1. The van der Waals surface area contributed by atoms with Crippen LogP contribution in [0.1, 0.15) is 28.4 Å². The van der Waals surface area contributed by atoms with Gasteiger partial charge >= 0.3 is 5.97 Å². The summed E-state index contributed by atoms with van der Waals surface area (Å²) in [5.74, 6) is 5.36. The number of hydrogen-bond donors (Lipinski definition) is 3. The molecule has 23 heavy (non-hydrogen) atoms. The molecule has 4 atom stereocenters. The second-order valence-electron chi connectivity index (χ2n) is 5.69. The van der Waals surface area contributed by atoms with Crippen LogP contribution in [0.25, 0.3) is 0 Å². The molecule has 2 aliphatic rings. The van der Waals surface area contributed by atoms with E-state index in [1.54, 1.807) is 30.3 Å². The number of nitrogens with zero attached hydrogens (tertiary/aromatic N) is 3. The molecule has 7 nitrogen and oxygen atoms in total. The molecule has 2 fully saturated rings. The predicted molar refractivity (Wildman–Crippen MR) is 83.0 cm³/mol. The molecule has 0 aromatic heterocycles. The molecule has 0 aliphatic carbocycles. The van der Waals surface area contributed by atoms with Gasteiger partial charge in [0.05, 0.1) is 17.3 Å². The Balaban J connectivity index is 1.55. The molecule has 7 heteroatoms. The Hall–Kier alpha value is -2.61. The normalized spacial score (nSPS) is 27.7. The van der Waals surface area contributed by atoms with Crippen molar-refractivity contribution < 1.29 is 15.0 Å². The lowest BCUT2D eigenvalue weighted by Crippen LogP contribution is -2.39. The van der Waals surface area contributed by atoms with Crippen LogP contribution in [0.15, 0.2) is 48.5 Å². The number of hydrogen-bond acceptors (Lipinski definition) is 6. The molecule has 2 heterocycles. The number of benzene rings is 2. The van der Waals surface area contributed by atoms with E-state index in [-0.39, 0.29) is 23.5 Å². The molecule has 2 aromatic carbocycles. The highest BCUT2D eigenvalue weighted by atomic mass is 16.4. The third kappa shape index (κ3) is 2.14. The maximum atomic E-state index is 11.3. The largest absolute Gasteiger partial charge is 0.508 e. The summed E-state index contributed by atoms with van der Waals surface area (Å²) in [7, 11) is 0. The van der Waals surface area contributed by atoms with Gasteiger partial charge in [-0.3, -0.25) is 0 Å². The number of aromatic hydroxyl groups is 1. The topological polar surface area (TPSA) is 92.8 Å². The van der Waals surface area contributed by atoms with Crippen LogP contribution in [0.2, 0.25) is 0 Å². The molecule has 0 spiro atoms. The zero-order valence-electron chi connectivity index (χ0n) is 12.2. The standard InChI is InChI=1S/C16H16N4O3/c17-19(13-7-2-1-6-12(13)16(22)23)20-15-9-14(18(15)20)10-4-3-5-11(21)8-10/h1-8,14-15,21H,9,17H2,(H,22,23). The number of rotatable bonds is 4. The van der Waals surface area contributed by atoms with Crippen LogP contribution in [0, 0.1) is 0 Å². The van der Waals surface area contributed by atoms with E-state index in [1.807, 2.05) is 17.3 Å². The molecule has 4 unspecified atom stereocenters. The second kappa shape index (κ2) is 4.95. The highest BCUT2D eigenvalue weighted by molar-refractivity contribution is 5.94. The quantitative estimate of drug-likeness (QED) is 0.449. The average molecular weight is 312 g/mol. The van der Waals surface area contributed by atoms with Crippen LogP contribution in [0.4, 0.5) is 5.69 Å². The minimum Gasteiger partial charge on any atom is -0.508 e. The zero-order chi connectivity index (χ0) is 16.1. The van der Waals surface area contributed by atoms with Gasteiger partial charge in [0.2, 0.25) is 0 Å². The van der Waals surface area contributed by atoms with Gasteiger partial charge in [0, 0.05) is 6.42 Å². The molecule has 4 rings (SSSR count). The van der Waals surface area contributed by atoms with Crippen LogP contribution in [-0.4, -0.2) is 32.5 Å². The molecule has 0 bridgehead atoms. The Morgan fingerprint density at radius 1 is 1.22 bits per heavy atom. The number of phenolic OH excluding ortho intramolecular Hbond substituents is 1. The van der Waals surface area contributed by atoms with Crippen molar-refractivity contribution >= 4 is 11.7 Å². The lowest BCUT2D eigenvalue weighted by atomic mass is 9.98. The molecule has 0 saturated carbocycles. The van der Waals surface area contributed by atoms with Gasteiger partial charge in [0.25, 0.3) is 0 Å². The highest BCUT2D eigenvalue weighted by Crippen LogP contribution is 2.54. The molecule has 0 amide bonds. The minimum absolute atomic E-state index is 0.148. The van der Waals surface area contributed by atoms with Crippen LogP contribution < -0.4 is 11.0 Å². The lowest BCUT2D eigenvalue weighted by Gasteiger charge is -2.25. The zero-order valence-corrected chi connectivity index (χ0v) is 12.2. The molecule has 0 radical (unpaired) electrons. The van der Waals surface area contributed by atoms with E-state index in [1.165, 1.54) is 11.2 Å². The summed E-state index contributed by atoms with van der Waals surface area (Å²) >= 11 is 0. The van der Waals surface area contributed by atoms with Gasteiger partial charge in [-0.05, 0) is 29.8 Å². The SMILES string of the molecule is NN(c1ccccc1C(=O)O)N1C2CC(c3cccc(O)c3)N21. The average Bonchev–Trinajstić information content (AvgIpc) is 3.10. The van der Waals surface area contributed by atoms with Gasteiger partial charge in [-0.15, -0.1) is 5.12 Å². The van der Waals surface area contributed by atoms with Crippen molar-refractivity contribution in [1.82, 2.24) is 10.1 Å². The molecule has 4 N–H and O–H groups in total. The first-order chi connectivity index (χ1) is 11.1. The first-order valence-corrected chi connectivity index (χ1v) is 7.31. The summed E-state index contributed by atoms with van der Waals surface area (Å²) in [6.07, 6.45) is 1.06. The van der Waals surface area contributed by atoms with Crippen LogP contribution >= 0.6 is 0 Å². The molecular weight excluding hydrogens is 296 g/mol. The van der Waals surface area contributed by atoms with Crippen LogP contribution in [0.5, 0.6) is 5.75 Å². The number of hydrazine groups is 3. The number of aromatic carboxylic acids is 1. The number of carboxylic acid groups (broad SMARTS) is 1. The van der Waals surface area contributed by atoms with Gasteiger partial charge in [-0.2, -0.15) is 5.01 Å². The fraction of sp³-hybridized carbons (Fsp3) is 0.188. The van der Waals surface area contributed by atoms with Crippen molar-refractivity contribution in [3.8, 4) is 5.75 Å². The minimum atomic E-state index is -1.01. The molecule has 2 saturated heterocycles. The van der Waals surface area contributed by atoms with E-state index >= 15 is 0 Å². The number of nitrogens with two attached hydrogens (primary N) is 1. The fourth-order valence-electron chi connectivity index (χ4n) is 3.18. The number of carboxylic acids is 1. The Labute approximate surface area is 132 Å². The van der Waals surface area contributed by atoms with Crippen LogP contribution in [0.3, 0.4) is 0 Å². The van der Waals surface area contributed by atoms with Crippen molar-refractivity contribution in [1.29, 1.82) is 0 Å².